The molecule has 1 saturated carbocycles. The SMILES string of the molecule is CC1=CCC[C@@]2(C)[C@@H](c3ccccc3)c3c(O)c(C=O)c(O)c(C=O)c3O[C@H]2[C@H]2[C@@H](CC1)C2(C)C. The first-order chi connectivity index (χ1) is 16.7. The lowest BCUT2D eigenvalue weighted by Crippen LogP contribution is -2.48. The molecule has 0 amide bonds. The maximum absolute atomic E-state index is 12.2. The van der Waals surface area contributed by atoms with Crippen molar-refractivity contribution in [3.8, 4) is 17.2 Å². The van der Waals surface area contributed by atoms with E-state index in [1.807, 2.05) is 30.3 Å². The summed E-state index contributed by atoms with van der Waals surface area (Å²) in [5.74, 6) is -0.189. The van der Waals surface area contributed by atoms with Crippen molar-refractivity contribution in [3.63, 3.8) is 0 Å². The molecule has 2 aromatic carbocycles. The van der Waals surface area contributed by atoms with Crippen molar-refractivity contribution in [2.24, 2.45) is 22.7 Å². The third-order valence-corrected chi connectivity index (χ3v) is 9.21. The van der Waals surface area contributed by atoms with Gasteiger partial charge in [0.15, 0.2) is 12.6 Å². The van der Waals surface area contributed by atoms with Crippen LogP contribution in [-0.4, -0.2) is 28.9 Å². The molecule has 0 unspecified atom stereocenters. The molecule has 1 heterocycles. The number of fused-ring (bicyclic) bond motifs is 4. The number of aromatic hydroxyl groups is 2. The van der Waals surface area contributed by atoms with Crippen molar-refractivity contribution in [2.75, 3.05) is 0 Å². The van der Waals surface area contributed by atoms with Gasteiger partial charge in [-0.25, -0.2) is 0 Å². The van der Waals surface area contributed by atoms with E-state index in [0.29, 0.717) is 24.1 Å². The molecule has 35 heavy (non-hydrogen) atoms. The van der Waals surface area contributed by atoms with Gasteiger partial charge in [-0.2, -0.15) is 0 Å². The lowest BCUT2D eigenvalue weighted by Gasteiger charge is -2.50. The van der Waals surface area contributed by atoms with Gasteiger partial charge in [0.25, 0.3) is 0 Å². The summed E-state index contributed by atoms with van der Waals surface area (Å²) in [5.41, 5.74) is 2.14. The van der Waals surface area contributed by atoms with Crippen LogP contribution < -0.4 is 4.74 Å². The van der Waals surface area contributed by atoms with Crippen LogP contribution in [0.15, 0.2) is 42.0 Å². The van der Waals surface area contributed by atoms with E-state index in [9.17, 15) is 19.8 Å². The van der Waals surface area contributed by atoms with Crippen molar-refractivity contribution in [1.29, 1.82) is 0 Å². The standard InChI is InChI=1S/C30H34O5/c1-17-9-8-14-30(4)23(18-10-6-5-7-11-18)22-26(34)19(15-31)25(33)20(16-32)27(22)35-28(30)24-21(13-12-17)29(24,2)3/h5-7,9-11,15-16,21,23-24,28,33-34H,8,12-14H2,1-4H3/t21-,23+,24-,28+,30+/m1/s1. The number of ether oxygens (including phenoxy) is 1. The molecule has 1 aliphatic heterocycles. The Morgan fingerprint density at radius 1 is 1.00 bits per heavy atom. The number of allylic oxidation sites excluding steroid dienone is 2. The van der Waals surface area contributed by atoms with Crippen LogP contribution in [-0.2, 0) is 0 Å². The van der Waals surface area contributed by atoms with Crippen LogP contribution in [0.4, 0.5) is 0 Å². The minimum Gasteiger partial charge on any atom is -0.507 e. The number of phenolic OH excluding ortho intramolecular Hbond substituents is 2. The maximum atomic E-state index is 12.2. The highest BCUT2D eigenvalue weighted by atomic mass is 16.5. The molecular weight excluding hydrogens is 440 g/mol. The highest BCUT2D eigenvalue weighted by Crippen LogP contribution is 2.70. The molecule has 0 saturated heterocycles. The van der Waals surface area contributed by atoms with Crippen LogP contribution in [0.25, 0.3) is 0 Å². The number of benzene rings is 2. The number of aldehydes is 2. The van der Waals surface area contributed by atoms with Crippen molar-refractivity contribution in [1.82, 2.24) is 0 Å². The van der Waals surface area contributed by atoms with E-state index >= 15 is 0 Å². The Bertz CT molecular complexity index is 1210. The van der Waals surface area contributed by atoms with Crippen molar-refractivity contribution in [2.45, 2.75) is 65.4 Å². The van der Waals surface area contributed by atoms with E-state index in [4.69, 9.17) is 4.74 Å². The second-order valence-corrected chi connectivity index (χ2v) is 11.5. The Morgan fingerprint density at radius 3 is 2.34 bits per heavy atom. The zero-order valence-corrected chi connectivity index (χ0v) is 20.9. The number of hydrogen-bond acceptors (Lipinski definition) is 5. The van der Waals surface area contributed by atoms with Crippen LogP contribution in [0, 0.1) is 22.7 Å². The molecule has 5 atom stereocenters. The highest BCUT2D eigenvalue weighted by molar-refractivity contribution is 5.95. The summed E-state index contributed by atoms with van der Waals surface area (Å²) >= 11 is 0. The third kappa shape index (κ3) is 3.42. The number of carbonyl (C=O) groups is 2. The Kier molecular flexibility index (Phi) is 5.58. The Hall–Kier alpha value is -3.08. The first-order valence-corrected chi connectivity index (χ1v) is 12.6. The van der Waals surface area contributed by atoms with Crippen LogP contribution >= 0.6 is 0 Å². The van der Waals surface area contributed by atoms with E-state index < -0.39 is 11.2 Å². The van der Waals surface area contributed by atoms with Crippen molar-refractivity contribution >= 4 is 12.6 Å². The molecule has 0 aromatic heterocycles. The largest absolute Gasteiger partial charge is 0.507 e. The maximum Gasteiger partial charge on any atom is 0.157 e. The minimum absolute atomic E-state index is 0.0641. The molecule has 0 spiro atoms. The Morgan fingerprint density at radius 2 is 1.69 bits per heavy atom. The van der Waals surface area contributed by atoms with Crippen molar-refractivity contribution < 1.29 is 24.5 Å². The van der Waals surface area contributed by atoms with E-state index in [2.05, 4.69) is 33.8 Å². The molecule has 2 N–H and O–H groups in total. The molecule has 2 aromatic rings. The first kappa shape index (κ1) is 23.7. The van der Waals surface area contributed by atoms with Crippen LogP contribution in [0.1, 0.15) is 91.1 Å². The summed E-state index contributed by atoms with van der Waals surface area (Å²) in [7, 11) is 0. The molecule has 184 valence electrons. The average Bonchev–Trinajstić information content (AvgIpc) is 3.38. The molecule has 2 aliphatic carbocycles. The molecule has 0 radical (unpaired) electrons. The quantitative estimate of drug-likeness (QED) is 0.396. The fourth-order valence-electron chi connectivity index (χ4n) is 7.15. The van der Waals surface area contributed by atoms with Gasteiger partial charge in [0.1, 0.15) is 23.4 Å². The zero-order chi connectivity index (χ0) is 25.1. The minimum atomic E-state index is -0.522. The molecule has 5 rings (SSSR count). The van der Waals surface area contributed by atoms with Gasteiger partial charge in [-0.1, -0.05) is 62.8 Å². The first-order valence-electron chi connectivity index (χ1n) is 12.6. The van der Waals surface area contributed by atoms with Gasteiger partial charge < -0.3 is 14.9 Å². The van der Waals surface area contributed by atoms with Crippen LogP contribution in [0.2, 0.25) is 0 Å². The van der Waals surface area contributed by atoms with E-state index in [1.54, 1.807) is 0 Å². The third-order valence-electron chi connectivity index (χ3n) is 9.21. The van der Waals surface area contributed by atoms with Gasteiger partial charge in [0.05, 0.1) is 11.1 Å². The molecule has 3 aliphatic rings. The molecule has 5 nitrogen and oxygen atoms in total. The van der Waals surface area contributed by atoms with E-state index in [0.717, 1.165) is 31.2 Å². The number of rotatable bonds is 3. The predicted molar refractivity (Wildman–Crippen MR) is 134 cm³/mol. The summed E-state index contributed by atoms with van der Waals surface area (Å²) in [6, 6.07) is 9.95. The average molecular weight is 475 g/mol. The van der Waals surface area contributed by atoms with E-state index in [1.165, 1.54) is 5.57 Å². The summed E-state index contributed by atoms with van der Waals surface area (Å²) in [6.07, 6.45) is 6.89. The highest BCUT2D eigenvalue weighted by Gasteiger charge is 2.67. The van der Waals surface area contributed by atoms with E-state index in [-0.39, 0.29) is 46.0 Å². The second-order valence-electron chi connectivity index (χ2n) is 11.5. The van der Waals surface area contributed by atoms with Gasteiger partial charge in [-0.05, 0) is 49.5 Å². The molecular formula is C30H34O5. The van der Waals surface area contributed by atoms with Crippen molar-refractivity contribution in [3.05, 3.63) is 64.2 Å². The van der Waals surface area contributed by atoms with Gasteiger partial charge in [-0.3, -0.25) is 9.59 Å². The topological polar surface area (TPSA) is 83.8 Å². The summed E-state index contributed by atoms with van der Waals surface area (Å²) < 4.78 is 6.73. The summed E-state index contributed by atoms with van der Waals surface area (Å²) in [5, 5.41) is 22.0. The predicted octanol–water partition coefficient (Wildman–Crippen LogP) is 6.41. The normalized spacial score (nSPS) is 31.0. The fourth-order valence-corrected chi connectivity index (χ4v) is 7.15. The Labute approximate surface area is 206 Å². The molecule has 0 bridgehead atoms. The number of carbonyl (C=O) groups excluding carboxylic acids is 2. The van der Waals surface area contributed by atoms with Gasteiger partial charge in [0.2, 0.25) is 0 Å². The summed E-state index contributed by atoms with van der Waals surface area (Å²) in [4.78, 5) is 24.1. The number of phenols is 2. The van der Waals surface area contributed by atoms with Gasteiger partial charge >= 0.3 is 0 Å². The lowest BCUT2D eigenvalue weighted by atomic mass is 9.60. The monoisotopic (exact) mass is 474 g/mol. The van der Waals surface area contributed by atoms with Gasteiger partial charge in [-0.15, -0.1) is 0 Å². The lowest BCUT2D eigenvalue weighted by molar-refractivity contribution is -0.00817. The molecule has 1 fully saturated rings. The second kappa shape index (κ2) is 8.25. The van der Waals surface area contributed by atoms with Crippen LogP contribution in [0.5, 0.6) is 17.2 Å². The summed E-state index contributed by atoms with van der Waals surface area (Å²) in [6.45, 7) is 9.01. The smallest absolute Gasteiger partial charge is 0.157 e. The van der Waals surface area contributed by atoms with Crippen LogP contribution in [0.3, 0.4) is 0 Å². The number of hydrogen-bond donors (Lipinski definition) is 2. The van der Waals surface area contributed by atoms with Gasteiger partial charge in [0, 0.05) is 22.8 Å². The molecule has 5 heteroatoms. The zero-order valence-electron chi connectivity index (χ0n) is 20.9. The Balaban J connectivity index is 1.82. The fraction of sp³-hybridized carbons (Fsp3) is 0.467.